The molecule has 6 nitrogen and oxygen atoms in total. The number of aryl methyl sites for hydroxylation is 1. The monoisotopic (exact) mass is 381 g/mol. The number of carbonyl (C=O) groups is 1. The van der Waals surface area contributed by atoms with Crippen LogP contribution in [0.3, 0.4) is 0 Å². The van der Waals surface area contributed by atoms with Crippen LogP contribution in [0.2, 0.25) is 0 Å². The van der Waals surface area contributed by atoms with E-state index in [0.717, 1.165) is 44.1 Å². The van der Waals surface area contributed by atoms with Gasteiger partial charge in [-0.3, -0.25) is 4.90 Å². The van der Waals surface area contributed by atoms with Crippen LogP contribution in [0.4, 0.5) is 16.3 Å². The first kappa shape index (κ1) is 20.1. The van der Waals surface area contributed by atoms with E-state index in [4.69, 9.17) is 0 Å². The van der Waals surface area contributed by atoms with Gasteiger partial charge in [0, 0.05) is 39.3 Å². The lowest BCUT2D eigenvalue weighted by Crippen LogP contribution is -2.47. The molecule has 0 saturated carbocycles. The molecule has 2 amide bonds. The summed E-state index contributed by atoms with van der Waals surface area (Å²) in [5, 5.41) is 5.71. The second-order valence-electron chi connectivity index (χ2n) is 7.88. The Labute approximate surface area is 167 Å². The number of nitrogens with zero attached hydrogens (tertiary/aromatic N) is 3. The number of anilines is 2. The van der Waals surface area contributed by atoms with Gasteiger partial charge >= 0.3 is 6.03 Å². The Hall–Kier alpha value is -2.60. The summed E-state index contributed by atoms with van der Waals surface area (Å²) in [7, 11) is 0. The minimum Gasteiger partial charge on any atom is -0.354 e. The minimum absolute atomic E-state index is 0.225. The van der Waals surface area contributed by atoms with Gasteiger partial charge in [0.05, 0.1) is 11.9 Å². The van der Waals surface area contributed by atoms with Crippen molar-refractivity contribution in [2.75, 3.05) is 42.9 Å². The zero-order chi connectivity index (χ0) is 19.9. The van der Waals surface area contributed by atoms with Crippen LogP contribution < -0.4 is 15.5 Å². The van der Waals surface area contributed by atoms with E-state index in [-0.39, 0.29) is 6.03 Å². The number of rotatable bonds is 6. The summed E-state index contributed by atoms with van der Waals surface area (Å²) in [5.41, 5.74) is 2.98. The van der Waals surface area contributed by atoms with Crippen molar-refractivity contribution in [3.05, 3.63) is 53.7 Å². The summed E-state index contributed by atoms with van der Waals surface area (Å²) in [6.07, 6.45) is 1.72. The lowest BCUT2D eigenvalue weighted by molar-refractivity contribution is 0.231. The van der Waals surface area contributed by atoms with Crippen molar-refractivity contribution in [1.29, 1.82) is 0 Å². The highest BCUT2D eigenvalue weighted by molar-refractivity contribution is 5.89. The summed E-state index contributed by atoms with van der Waals surface area (Å²) in [6.45, 7) is 12.3. The number of benzene rings is 1. The lowest BCUT2D eigenvalue weighted by atomic mass is 10.1. The number of hydrogen-bond acceptors (Lipinski definition) is 4. The maximum absolute atomic E-state index is 12.1. The fourth-order valence-electron chi connectivity index (χ4n) is 3.39. The topological polar surface area (TPSA) is 60.5 Å². The third kappa shape index (κ3) is 5.96. The number of piperazine rings is 1. The van der Waals surface area contributed by atoms with Crippen molar-refractivity contribution in [3.8, 4) is 0 Å². The van der Waals surface area contributed by atoms with Gasteiger partial charge < -0.3 is 15.5 Å². The SMILES string of the molecule is Cc1ccc(CNC(=O)Nc2ccc(N3CCN(CC(C)C)CC3)nc2)cc1. The summed E-state index contributed by atoms with van der Waals surface area (Å²) in [4.78, 5) is 21.4. The van der Waals surface area contributed by atoms with E-state index in [2.05, 4.69) is 39.3 Å². The highest BCUT2D eigenvalue weighted by Gasteiger charge is 2.18. The number of pyridine rings is 1. The molecule has 0 aliphatic carbocycles. The van der Waals surface area contributed by atoms with Gasteiger partial charge in [-0.25, -0.2) is 9.78 Å². The van der Waals surface area contributed by atoms with E-state index in [1.807, 2.05) is 43.3 Å². The van der Waals surface area contributed by atoms with Gasteiger partial charge in [-0.1, -0.05) is 43.7 Å². The maximum Gasteiger partial charge on any atom is 0.319 e. The Bertz CT molecular complexity index is 750. The molecule has 6 heteroatoms. The third-order valence-corrected chi connectivity index (χ3v) is 4.90. The standard InChI is InChI=1S/C22H31N5O/c1-17(2)16-26-10-12-27(13-11-26)21-9-8-20(15-23-21)25-22(28)24-14-19-6-4-18(3)5-7-19/h4-9,15,17H,10-14,16H2,1-3H3,(H2,24,25,28). The van der Waals surface area contributed by atoms with Gasteiger partial charge in [0.2, 0.25) is 0 Å². The van der Waals surface area contributed by atoms with Crippen LogP contribution in [-0.4, -0.2) is 48.6 Å². The highest BCUT2D eigenvalue weighted by atomic mass is 16.2. The van der Waals surface area contributed by atoms with E-state index in [1.54, 1.807) is 6.20 Å². The second-order valence-corrected chi connectivity index (χ2v) is 7.88. The Morgan fingerprint density at radius 1 is 1.07 bits per heavy atom. The number of carbonyl (C=O) groups excluding carboxylic acids is 1. The summed E-state index contributed by atoms with van der Waals surface area (Å²) in [5.74, 6) is 1.67. The molecule has 0 radical (unpaired) electrons. The Morgan fingerprint density at radius 3 is 2.39 bits per heavy atom. The molecular weight excluding hydrogens is 350 g/mol. The largest absolute Gasteiger partial charge is 0.354 e. The fourth-order valence-corrected chi connectivity index (χ4v) is 3.39. The summed E-state index contributed by atoms with van der Waals surface area (Å²) >= 11 is 0. The number of amides is 2. The molecule has 1 saturated heterocycles. The molecule has 1 aromatic carbocycles. The molecule has 1 fully saturated rings. The molecule has 3 rings (SSSR count). The molecule has 0 atom stereocenters. The van der Waals surface area contributed by atoms with E-state index in [9.17, 15) is 4.79 Å². The van der Waals surface area contributed by atoms with Gasteiger partial charge in [0.15, 0.2) is 0 Å². The normalized spacial score (nSPS) is 14.9. The van der Waals surface area contributed by atoms with E-state index < -0.39 is 0 Å². The van der Waals surface area contributed by atoms with Crippen LogP contribution in [0, 0.1) is 12.8 Å². The van der Waals surface area contributed by atoms with Gasteiger partial charge in [0.1, 0.15) is 5.82 Å². The summed E-state index contributed by atoms with van der Waals surface area (Å²) in [6, 6.07) is 11.8. The van der Waals surface area contributed by atoms with Crippen molar-refractivity contribution >= 4 is 17.5 Å². The van der Waals surface area contributed by atoms with Gasteiger partial charge in [-0.05, 0) is 30.5 Å². The molecule has 1 aromatic heterocycles. The Morgan fingerprint density at radius 2 is 1.79 bits per heavy atom. The minimum atomic E-state index is -0.225. The predicted molar refractivity (Wildman–Crippen MR) is 115 cm³/mol. The molecule has 2 N–H and O–H groups in total. The number of hydrogen-bond donors (Lipinski definition) is 2. The van der Waals surface area contributed by atoms with Crippen LogP contribution in [0.1, 0.15) is 25.0 Å². The van der Waals surface area contributed by atoms with Gasteiger partial charge in [-0.15, -0.1) is 0 Å². The lowest BCUT2D eigenvalue weighted by Gasteiger charge is -2.36. The smallest absolute Gasteiger partial charge is 0.319 e. The average molecular weight is 382 g/mol. The summed E-state index contributed by atoms with van der Waals surface area (Å²) < 4.78 is 0. The third-order valence-electron chi connectivity index (χ3n) is 4.90. The number of nitrogens with one attached hydrogen (secondary N) is 2. The van der Waals surface area contributed by atoms with Gasteiger partial charge in [0.25, 0.3) is 0 Å². The zero-order valence-corrected chi connectivity index (χ0v) is 17.1. The van der Waals surface area contributed by atoms with Crippen molar-refractivity contribution in [2.24, 2.45) is 5.92 Å². The van der Waals surface area contributed by atoms with E-state index in [1.165, 1.54) is 5.56 Å². The molecule has 28 heavy (non-hydrogen) atoms. The van der Waals surface area contributed by atoms with Crippen LogP contribution >= 0.6 is 0 Å². The van der Waals surface area contributed by atoms with Gasteiger partial charge in [-0.2, -0.15) is 0 Å². The van der Waals surface area contributed by atoms with Crippen LogP contribution in [0.15, 0.2) is 42.6 Å². The molecule has 150 valence electrons. The van der Waals surface area contributed by atoms with Crippen LogP contribution in [-0.2, 0) is 6.54 Å². The molecular formula is C22H31N5O. The van der Waals surface area contributed by atoms with E-state index >= 15 is 0 Å². The number of urea groups is 1. The maximum atomic E-state index is 12.1. The molecule has 2 aromatic rings. The Balaban J connectivity index is 1.45. The first-order chi connectivity index (χ1) is 13.5. The van der Waals surface area contributed by atoms with Crippen LogP contribution in [0.25, 0.3) is 0 Å². The second kappa shape index (κ2) is 9.55. The van der Waals surface area contributed by atoms with Crippen molar-refractivity contribution in [3.63, 3.8) is 0 Å². The quantitative estimate of drug-likeness (QED) is 0.804. The first-order valence-corrected chi connectivity index (χ1v) is 10.0. The molecule has 0 unspecified atom stereocenters. The fraction of sp³-hybridized carbons (Fsp3) is 0.455. The van der Waals surface area contributed by atoms with Crippen molar-refractivity contribution < 1.29 is 4.79 Å². The molecule has 0 spiro atoms. The molecule has 0 bridgehead atoms. The Kier molecular flexibility index (Phi) is 6.87. The van der Waals surface area contributed by atoms with Crippen LogP contribution in [0.5, 0.6) is 0 Å². The highest BCUT2D eigenvalue weighted by Crippen LogP contribution is 2.16. The van der Waals surface area contributed by atoms with Crippen molar-refractivity contribution in [1.82, 2.24) is 15.2 Å². The average Bonchev–Trinajstić information content (AvgIpc) is 2.68. The molecule has 1 aliphatic heterocycles. The zero-order valence-electron chi connectivity index (χ0n) is 17.1. The first-order valence-electron chi connectivity index (χ1n) is 10.0. The molecule has 1 aliphatic rings. The van der Waals surface area contributed by atoms with E-state index in [0.29, 0.717) is 18.2 Å². The predicted octanol–water partition coefficient (Wildman–Crippen LogP) is 3.49. The molecule has 2 heterocycles. The number of aromatic nitrogens is 1. The van der Waals surface area contributed by atoms with Crippen molar-refractivity contribution in [2.45, 2.75) is 27.3 Å².